The van der Waals surface area contributed by atoms with Crippen LogP contribution in [0, 0.1) is 5.82 Å². The first-order valence-electron chi connectivity index (χ1n) is 11.4. The molecule has 1 fully saturated rings. The summed E-state index contributed by atoms with van der Waals surface area (Å²) < 4.78 is 45.6. The Morgan fingerprint density at radius 1 is 1.03 bits per heavy atom. The lowest BCUT2D eigenvalue weighted by atomic mass is 10.1. The average Bonchev–Trinajstić information content (AvgIpc) is 3.29. The molecule has 1 aliphatic heterocycles. The minimum atomic E-state index is -3.81. The Hall–Kier alpha value is -3.12. The van der Waals surface area contributed by atoms with Gasteiger partial charge in [0, 0.05) is 31.1 Å². The monoisotopic (exact) mass is 531 g/mol. The van der Waals surface area contributed by atoms with E-state index in [-0.39, 0.29) is 37.0 Å². The van der Waals surface area contributed by atoms with Crippen LogP contribution in [-0.4, -0.2) is 68.8 Å². The zero-order valence-corrected chi connectivity index (χ0v) is 21.3. The lowest BCUT2D eigenvalue weighted by molar-refractivity contribution is -0.117. The van der Waals surface area contributed by atoms with Crippen LogP contribution in [0.25, 0.3) is 10.4 Å². The zero-order chi connectivity index (χ0) is 25.7. The van der Waals surface area contributed by atoms with Gasteiger partial charge in [-0.05, 0) is 36.8 Å². The number of ether oxygens (including phenoxy) is 1. The molecule has 2 heterocycles. The Morgan fingerprint density at radius 3 is 2.42 bits per heavy atom. The topological polar surface area (TPSA) is 96.0 Å². The number of rotatable bonds is 8. The number of benzene rings is 2. The largest absolute Gasteiger partial charge is 0.462 e. The molecule has 11 heteroatoms. The molecule has 1 amide bonds. The molecule has 190 valence electrons. The van der Waals surface area contributed by atoms with Gasteiger partial charge in [-0.1, -0.05) is 36.4 Å². The van der Waals surface area contributed by atoms with E-state index in [0.717, 1.165) is 16.5 Å². The standard InChI is InChI=1S/C25H26FN3O5S2/c1-2-34-25(31)21-16-22(18-7-4-3-5-8-18)35-24(21)27-23(30)17-28-11-13-29(14-12-28)36(32,33)20-10-6-9-19(26)15-20/h3-10,15-16H,2,11-14,17H2,1H3,(H,27,30). The highest BCUT2D eigenvalue weighted by molar-refractivity contribution is 7.89. The van der Waals surface area contributed by atoms with Gasteiger partial charge in [0.15, 0.2) is 0 Å². The van der Waals surface area contributed by atoms with E-state index < -0.39 is 21.8 Å². The normalized spacial score (nSPS) is 14.9. The first-order chi connectivity index (χ1) is 17.3. The van der Waals surface area contributed by atoms with Crippen molar-refractivity contribution in [1.82, 2.24) is 9.21 Å². The number of nitrogens with one attached hydrogen (secondary N) is 1. The first kappa shape index (κ1) is 26.0. The minimum Gasteiger partial charge on any atom is -0.462 e. The summed E-state index contributed by atoms with van der Waals surface area (Å²) in [4.78, 5) is 27.9. The van der Waals surface area contributed by atoms with Crippen molar-refractivity contribution in [3.05, 3.63) is 72.0 Å². The Labute approximate surface area is 213 Å². The van der Waals surface area contributed by atoms with Crippen LogP contribution in [0.5, 0.6) is 0 Å². The first-order valence-corrected chi connectivity index (χ1v) is 13.7. The molecule has 0 aliphatic carbocycles. The smallest absolute Gasteiger partial charge is 0.341 e. The number of esters is 1. The molecule has 1 N–H and O–H groups in total. The lowest BCUT2D eigenvalue weighted by Crippen LogP contribution is -2.50. The van der Waals surface area contributed by atoms with Gasteiger partial charge < -0.3 is 10.1 Å². The molecule has 1 aromatic heterocycles. The van der Waals surface area contributed by atoms with E-state index in [4.69, 9.17) is 4.74 Å². The highest BCUT2D eigenvalue weighted by Gasteiger charge is 2.29. The van der Waals surface area contributed by atoms with E-state index in [9.17, 15) is 22.4 Å². The van der Waals surface area contributed by atoms with Crippen molar-refractivity contribution >= 4 is 38.2 Å². The number of anilines is 1. The summed E-state index contributed by atoms with van der Waals surface area (Å²) in [6, 6.07) is 16.2. The maximum absolute atomic E-state index is 13.5. The zero-order valence-electron chi connectivity index (χ0n) is 19.6. The van der Waals surface area contributed by atoms with Crippen molar-refractivity contribution in [2.45, 2.75) is 11.8 Å². The van der Waals surface area contributed by atoms with Crippen LogP contribution >= 0.6 is 11.3 Å². The van der Waals surface area contributed by atoms with Gasteiger partial charge in [0.1, 0.15) is 10.8 Å². The summed E-state index contributed by atoms with van der Waals surface area (Å²) in [5.74, 6) is -1.44. The second-order valence-corrected chi connectivity index (χ2v) is 11.1. The molecule has 1 saturated heterocycles. The quantitative estimate of drug-likeness (QED) is 0.446. The number of nitrogens with zero attached hydrogens (tertiary/aromatic N) is 2. The molecule has 1 aliphatic rings. The second kappa shape index (κ2) is 11.3. The van der Waals surface area contributed by atoms with E-state index in [1.165, 1.54) is 33.8 Å². The molecule has 2 aromatic carbocycles. The predicted octanol–water partition coefficient (Wildman–Crippen LogP) is 3.68. The summed E-state index contributed by atoms with van der Waals surface area (Å²) >= 11 is 1.29. The van der Waals surface area contributed by atoms with Gasteiger partial charge in [-0.3, -0.25) is 9.69 Å². The van der Waals surface area contributed by atoms with Crippen LogP contribution in [0.1, 0.15) is 17.3 Å². The third-order valence-electron chi connectivity index (χ3n) is 5.67. The van der Waals surface area contributed by atoms with Crippen LogP contribution < -0.4 is 5.32 Å². The SMILES string of the molecule is CCOC(=O)c1cc(-c2ccccc2)sc1NC(=O)CN1CCN(S(=O)(=O)c2cccc(F)c2)CC1. The number of piperazine rings is 1. The molecular formula is C25H26FN3O5S2. The van der Waals surface area contributed by atoms with E-state index in [1.807, 2.05) is 35.2 Å². The molecule has 0 bridgehead atoms. The summed E-state index contributed by atoms with van der Waals surface area (Å²) in [6.45, 7) is 3.00. The number of carbonyl (C=O) groups is 2. The van der Waals surface area contributed by atoms with E-state index >= 15 is 0 Å². The number of sulfonamides is 1. The molecule has 0 unspecified atom stereocenters. The Balaban J connectivity index is 1.40. The van der Waals surface area contributed by atoms with Gasteiger partial charge in [-0.2, -0.15) is 4.31 Å². The van der Waals surface area contributed by atoms with E-state index in [1.54, 1.807) is 13.0 Å². The van der Waals surface area contributed by atoms with Crippen molar-refractivity contribution in [3.8, 4) is 10.4 Å². The van der Waals surface area contributed by atoms with Gasteiger partial charge in [0.2, 0.25) is 15.9 Å². The van der Waals surface area contributed by atoms with Crippen LogP contribution in [0.2, 0.25) is 0 Å². The third kappa shape index (κ3) is 5.98. The molecule has 0 atom stereocenters. The van der Waals surface area contributed by atoms with Crippen LogP contribution in [0.15, 0.2) is 65.6 Å². The highest BCUT2D eigenvalue weighted by Crippen LogP contribution is 2.36. The molecule has 3 aromatic rings. The van der Waals surface area contributed by atoms with Crippen molar-refractivity contribution in [2.24, 2.45) is 0 Å². The molecule has 36 heavy (non-hydrogen) atoms. The van der Waals surface area contributed by atoms with Gasteiger partial charge in [0.25, 0.3) is 0 Å². The molecule has 8 nitrogen and oxygen atoms in total. The summed E-state index contributed by atoms with van der Waals surface area (Å²) in [7, 11) is -3.81. The number of hydrogen-bond donors (Lipinski definition) is 1. The number of hydrogen-bond acceptors (Lipinski definition) is 7. The molecular weight excluding hydrogens is 505 g/mol. The highest BCUT2D eigenvalue weighted by atomic mass is 32.2. The Morgan fingerprint density at radius 2 is 1.75 bits per heavy atom. The van der Waals surface area contributed by atoms with Crippen molar-refractivity contribution < 1.29 is 27.1 Å². The molecule has 4 rings (SSSR count). The summed E-state index contributed by atoms with van der Waals surface area (Å²) in [6.07, 6.45) is 0. The van der Waals surface area contributed by atoms with Crippen LogP contribution in [0.3, 0.4) is 0 Å². The fourth-order valence-corrected chi connectivity index (χ4v) is 6.38. The minimum absolute atomic E-state index is 0.0364. The fraction of sp³-hybridized carbons (Fsp3) is 0.280. The summed E-state index contributed by atoms with van der Waals surface area (Å²) in [5.41, 5.74) is 1.21. The summed E-state index contributed by atoms with van der Waals surface area (Å²) in [5, 5.41) is 3.23. The van der Waals surface area contributed by atoms with Crippen molar-refractivity contribution in [2.75, 3.05) is 44.6 Å². The van der Waals surface area contributed by atoms with Gasteiger partial charge in [-0.25, -0.2) is 17.6 Å². The maximum atomic E-state index is 13.5. The lowest BCUT2D eigenvalue weighted by Gasteiger charge is -2.33. The van der Waals surface area contributed by atoms with E-state index in [2.05, 4.69) is 5.32 Å². The number of halogens is 1. The van der Waals surface area contributed by atoms with Crippen molar-refractivity contribution in [1.29, 1.82) is 0 Å². The molecule has 0 spiro atoms. The Kier molecular flexibility index (Phi) is 8.14. The third-order valence-corrected chi connectivity index (χ3v) is 8.67. The molecule has 0 saturated carbocycles. The van der Waals surface area contributed by atoms with Crippen LogP contribution in [0.4, 0.5) is 9.39 Å². The van der Waals surface area contributed by atoms with E-state index in [0.29, 0.717) is 23.7 Å². The second-order valence-electron chi connectivity index (χ2n) is 8.13. The fourth-order valence-electron chi connectivity index (χ4n) is 3.86. The number of amides is 1. The number of thiophene rings is 1. The van der Waals surface area contributed by atoms with Gasteiger partial charge in [-0.15, -0.1) is 11.3 Å². The Bertz CT molecular complexity index is 1340. The predicted molar refractivity (Wildman–Crippen MR) is 136 cm³/mol. The van der Waals surface area contributed by atoms with Gasteiger partial charge >= 0.3 is 5.97 Å². The van der Waals surface area contributed by atoms with Gasteiger partial charge in [0.05, 0.1) is 23.6 Å². The maximum Gasteiger partial charge on any atom is 0.341 e. The van der Waals surface area contributed by atoms with Crippen molar-refractivity contribution in [3.63, 3.8) is 0 Å². The average molecular weight is 532 g/mol. The number of carbonyl (C=O) groups excluding carboxylic acids is 2. The van der Waals surface area contributed by atoms with Crippen LogP contribution in [-0.2, 0) is 19.6 Å². The molecule has 0 radical (unpaired) electrons.